The zero-order chi connectivity index (χ0) is 56.4. The van der Waals surface area contributed by atoms with Gasteiger partial charge in [-0.25, -0.2) is 8.75 Å². The SMILES string of the molecule is C[C@H]1[C@H](/C=C/c2ccc(-c3ccccc3C#N)cn2)c2cnsc2C[C@@H]1C.C[C@H]1[C@H](/C=C/c2ccc(-c3ccccc3C#N)cn2)c2nscc2C[C@@H]1C.C[C@H]1[C@H](/C=C/c2ccc(-c3ccccc3C#N)cn2)c2sncc2C[C@@H]1C. The van der Waals surface area contributed by atoms with E-state index in [1.807, 2.05) is 140 Å². The molecule has 0 bridgehead atoms. The van der Waals surface area contributed by atoms with E-state index in [2.05, 4.69) is 130 Å². The maximum absolute atomic E-state index is 9.29. The van der Waals surface area contributed by atoms with Crippen LogP contribution in [0.3, 0.4) is 0 Å². The van der Waals surface area contributed by atoms with Gasteiger partial charge in [-0.05, 0) is 161 Å². The van der Waals surface area contributed by atoms with Gasteiger partial charge in [0.25, 0.3) is 0 Å². The van der Waals surface area contributed by atoms with E-state index in [4.69, 9.17) is 0 Å². The van der Waals surface area contributed by atoms with Crippen LogP contribution in [-0.4, -0.2) is 28.1 Å². The summed E-state index contributed by atoms with van der Waals surface area (Å²) in [6, 6.07) is 41.8. The number of nitriles is 3. The van der Waals surface area contributed by atoms with Crippen molar-refractivity contribution in [1.82, 2.24) is 28.1 Å². The van der Waals surface area contributed by atoms with Gasteiger partial charge in [0, 0.05) is 97.3 Å². The van der Waals surface area contributed by atoms with Gasteiger partial charge < -0.3 is 0 Å². The van der Waals surface area contributed by atoms with E-state index in [1.165, 1.54) is 32.1 Å². The first-order valence-electron chi connectivity index (χ1n) is 27.7. The number of benzene rings is 3. The molecule has 0 N–H and O–H groups in total. The van der Waals surface area contributed by atoms with Crippen LogP contribution in [0.1, 0.15) is 125 Å². The predicted molar refractivity (Wildman–Crippen MR) is 331 cm³/mol. The van der Waals surface area contributed by atoms with E-state index in [0.29, 0.717) is 70.0 Å². The van der Waals surface area contributed by atoms with Crippen LogP contribution in [0.25, 0.3) is 51.6 Å². The van der Waals surface area contributed by atoms with Gasteiger partial charge in [0.05, 0.1) is 57.7 Å². The number of allylic oxidation sites excluding steroid dienone is 3. The molecule has 9 nitrogen and oxygen atoms in total. The van der Waals surface area contributed by atoms with Gasteiger partial charge in [-0.3, -0.25) is 15.0 Å². The average Bonchev–Trinajstić information content (AvgIpc) is 4.42. The van der Waals surface area contributed by atoms with Crippen LogP contribution in [0.15, 0.2) is 164 Å². The first kappa shape index (κ1) is 56.0. The number of aromatic nitrogens is 6. The summed E-state index contributed by atoms with van der Waals surface area (Å²) in [5.41, 5.74) is 15.9. The maximum Gasteiger partial charge on any atom is 0.0998 e. The van der Waals surface area contributed by atoms with E-state index < -0.39 is 0 Å². The van der Waals surface area contributed by atoms with Crippen LogP contribution >= 0.6 is 34.6 Å². The minimum absolute atomic E-state index is 0.343. The molecule has 6 aromatic heterocycles. The van der Waals surface area contributed by atoms with Gasteiger partial charge >= 0.3 is 0 Å². The Balaban J connectivity index is 0.000000136. The first-order chi connectivity index (χ1) is 39.5. The fourth-order valence-electron chi connectivity index (χ4n) is 11.4. The van der Waals surface area contributed by atoms with Crippen molar-refractivity contribution in [3.8, 4) is 51.6 Å². The van der Waals surface area contributed by atoms with Crippen molar-refractivity contribution in [2.24, 2.45) is 35.5 Å². The molecule has 12 rings (SSSR count). The van der Waals surface area contributed by atoms with E-state index in [9.17, 15) is 15.8 Å². The summed E-state index contributed by atoms with van der Waals surface area (Å²) in [7, 11) is 0. The highest BCUT2D eigenvalue weighted by Crippen LogP contribution is 2.44. The third-order valence-electron chi connectivity index (χ3n) is 16.8. The molecule has 0 radical (unpaired) electrons. The van der Waals surface area contributed by atoms with Gasteiger partial charge in [0.2, 0.25) is 0 Å². The number of rotatable bonds is 9. The van der Waals surface area contributed by atoms with Crippen molar-refractivity contribution in [2.75, 3.05) is 0 Å². The highest BCUT2D eigenvalue weighted by molar-refractivity contribution is 7.06. The van der Waals surface area contributed by atoms with E-state index in [-0.39, 0.29) is 0 Å². The molecular weight excluding hydrogens is 1050 g/mol. The molecule has 3 aliphatic rings. The number of nitrogens with zero attached hydrogens (tertiary/aromatic N) is 9. The Kier molecular flexibility index (Phi) is 17.9. The molecule has 9 atom stereocenters. The highest BCUT2D eigenvalue weighted by atomic mass is 32.1. The van der Waals surface area contributed by atoms with Gasteiger partial charge in [0.1, 0.15) is 0 Å². The zero-order valence-electron chi connectivity index (χ0n) is 46.4. The molecule has 81 heavy (non-hydrogen) atoms. The fraction of sp³-hybridized carbons (Fsp3) is 0.261. The smallest absolute Gasteiger partial charge is 0.0998 e. The molecule has 0 saturated carbocycles. The molecule has 6 heterocycles. The Labute approximate surface area is 489 Å². The quantitative estimate of drug-likeness (QED) is 0.138. The van der Waals surface area contributed by atoms with Crippen LogP contribution in [0.4, 0.5) is 0 Å². The molecule has 0 unspecified atom stereocenters. The minimum Gasteiger partial charge on any atom is -0.256 e. The zero-order valence-corrected chi connectivity index (χ0v) is 48.8. The van der Waals surface area contributed by atoms with Gasteiger partial charge in [-0.1, -0.05) is 133 Å². The molecule has 0 spiro atoms. The number of fused-ring (bicyclic) bond motifs is 3. The molecular formula is C69H63N9S3. The summed E-state index contributed by atoms with van der Waals surface area (Å²) in [5.74, 6) is 4.85. The van der Waals surface area contributed by atoms with E-state index >= 15 is 0 Å². The molecule has 0 amide bonds. The van der Waals surface area contributed by atoms with Crippen molar-refractivity contribution in [3.63, 3.8) is 0 Å². The Morgan fingerprint density at radius 1 is 0.457 bits per heavy atom. The molecule has 0 fully saturated rings. The number of hydrogen-bond donors (Lipinski definition) is 0. The maximum atomic E-state index is 9.29. The van der Waals surface area contributed by atoms with Crippen molar-refractivity contribution in [1.29, 1.82) is 15.8 Å². The third kappa shape index (κ3) is 12.7. The summed E-state index contributed by atoms with van der Waals surface area (Å²) in [6.07, 6.45) is 26.1. The first-order valence-corrected chi connectivity index (χ1v) is 30.1. The Bertz CT molecular complexity index is 3430. The minimum atomic E-state index is 0.343. The van der Waals surface area contributed by atoms with Crippen molar-refractivity contribution >= 4 is 52.8 Å². The van der Waals surface area contributed by atoms with Crippen LogP contribution < -0.4 is 0 Å². The van der Waals surface area contributed by atoms with E-state index in [0.717, 1.165) is 69.7 Å². The summed E-state index contributed by atoms with van der Waals surface area (Å²) in [4.78, 5) is 16.6. The Morgan fingerprint density at radius 3 is 1.38 bits per heavy atom. The topological polar surface area (TPSA) is 149 Å². The van der Waals surface area contributed by atoms with Crippen LogP contribution in [0.2, 0.25) is 0 Å². The normalized spacial score (nSPS) is 21.7. The molecule has 3 aliphatic carbocycles. The molecule has 0 saturated heterocycles. The lowest BCUT2D eigenvalue weighted by molar-refractivity contribution is 0.329. The van der Waals surface area contributed by atoms with Gasteiger partial charge in [0.15, 0.2) is 0 Å². The molecule has 3 aromatic carbocycles. The van der Waals surface area contributed by atoms with E-state index in [1.54, 1.807) is 34.6 Å². The highest BCUT2D eigenvalue weighted by Gasteiger charge is 2.34. The fourth-order valence-corrected chi connectivity index (χ4v) is 14.0. The summed E-state index contributed by atoms with van der Waals surface area (Å²) >= 11 is 4.82. The van der Waals surface area contributed by atoms with Crippen molar-refractivity contribution < 1.29 is 0 Å². The van der Waals surface area contributed by atoms with Crippen LogP contribution in [0, 0.1) is 69.5 Å². The largest absolute Gasteiger partial charge is 0.256 e. The van der Waals surface area contributed by atoms with Crippen LogP contribution in [-0.2, 0) is 19.3 Å². The molecule has 9 aromatic rings. The summed E-state index contributed by atoms with van der Waals surface area (Å²) in [5, 5.41) is 30.0. The second kappa shape index (κ2) is 25.9. The Hall–Kier alpha value is -8.31. The molecule has 12 heteroatoms. The summed E-state index contributed by atoms with van der Waals surface area (Å²) in [6.45, 7) is 14.0. The summed E-state index contributed by atoms with van der Waals surface area (Å²) < 4.78 is 13.5. The lowest BCUT2D eigenvalue weighted by Crippen LogP contribution is -2.24. The lowest BCUT2D eigenvalue weighted by Gasteiger charge is -2.31. The van der Waals surface area contributed by atoms with Crippen molar-refractivity contribution in [3.05, 3.63) is 230 Å². The van der Waals surface area contributed by atoms with Crippen LogP contribution in [0.5, 0.6) is 0 Å². The van der Waals surface area contributed by atoms with Crippen molar-refractivity contribution in [2.45, 2.75) is 78.6 Å². The third-order valence-corrected chi connectivity index (χ3v) is 19.3. The number of pyridine rings is 3. The van der Waals surface area contributed by atoms with Gasteiger partial charge in [-0.15, -0.1) is 0 Å². The monoisotopic (exact) mass is 1110 g/mol. The molecule has 0 aliphatic heterocycles. The van der Waals surface area contributed by atoms with Gasteiger partial charge in [-0.2, -0.15) is 20.2 Å². The Morgan fingerprint density at radius 2 is 0.889 bits per heavy atom. The second-order valence-electron chi connectivity index (χ2n) is 21.8. The average molecular weight is 1110 g/mol. The lowest BCUT2D eigenvalue weighted by atomic mass is 9.73. The standard InChI is InChI=1S/3C23H21N3S/c1-15-11-19-14-27-26-23(19)21(16(15)2)10-9-20-8-7-18(13-25-20)22-6-4-3-5-17(22)12-24;1-15-11-19-14-26-27-23(19)21(16(15)2)10-9-20-8-7-18(13-25-20)22-6-4-3-5-17(22)12-24;1-15-11-23-22(14-26-27-23)20(16(15)2)10-9-19-8-7-18(13-25-19)21-6-4-3-5-17(21)12-24/h2*3-10,13-16,21H,11H2,1-2H3;3-10,13-16,20H,11H2,1-2H3/b3*10-9+/t2*15-,16+,21-;15-,16+,20-/m000/s1. The predicted octanol–water partition coefficient (Wildman–Crippen LogP) is 17.1. The second-order valence-corrected chi connectivity index (χ2v) is 24.2. The number of hydrogen-bond acceptors (Lipinski definition) is 12. The molecule has 402 valence electrons.